The SMILES string of the molecule is CCC(=O)c1ccc(OCc2nc(-c3ccc(C(C)C)cc3)no2)cc1. The molecule has 3 aromatic rings. The third-order valence-electron chi connectivity index (χ3n) is 4.16. The summed E-state index contributed by atoms with van der Waals surface area (Å²) in [5.74, 6) is 2.20. The second-order valence-corrected chi connectivity index (χ2v) is 6.38. The van der Waals surface area contributed by atoms with E-state index in [1.165, 1.54) is 5.56 Å². The molecule has 0 spiro atoms. The fourth-order valence-corrected chi connectivity index (χ4v) is 2.53. The summed E-state index contributed by atoms with van der Waals surface area (Å²) in [6.45, 7) is 6.33. The molecule has 0 radical (unpaired) electrons. The van der Waals surface area contributed by atoms with Crippen molar-refractivity contribution in [3.05, 3.63) is 65.5 Å². The van der Waals surface area contributed by atoms with Crippen LogP contribution in [0.4, 0.5) is 0 Å². The van der Waals surface area contributed by atoms with Crippen molar-refractivity contribution in [2.45, 2.75) is 39.7 Å². The quantitative estimate of drug-likeness (QED) is 0.559. The Morgan fingerprint density at radius 2 is 1.77 bits per heavy atom. The molecule has 5 heteroatoms. The third kappa shape index (κ3) is 4.17. The van der Waals surface area contributed by atoms with Crippen LogP contribution in [-0.4, -0.2) is 15.9 Å². The molecular weight excluding hydrogens is 328 g/mol. The van der Waals surface area contributed by atoms with Gasteiger partial charge in [-0.25, -0.2) is 0 Å². The fourth-order valence-electron chi connectivity index (χ4n) is 2.53. The lowest BCUT2D eigenvalue weighted by atomic mass is 10.0. The van der Waals surface area contributed by atoms with Crippen molar-refractivity contribution in [1.82, 2.24) is 10.1 Å². The predicted octanol–water partition coefficient (Wildman–Crippen LogP) is 5.03. The molecule has 0 aliphatic rings. The van der Waals surface area contributed by atoms with Gasteiger partial charge in [-0.05, 0) is 35.7 Å². The maximum atomic E-state index is 11.6. The molecule has 3 rings (SSSR count). The van der Waals surface area contributed by atoms with Crippen molar-refractivity contribution in [1.29, 1.82) is 0 Å². The summed E-state index contributed by atoms with van der Waals surface area (Å²) in [7, 11) is 0. The van der Waals surface area contributed by atoms with Gasteiger partial charge >= 0.3 is 0 Å². The smallest absolute Gasteiger partial charge is 0.264 e. The van der Waals surface area contributed by atoms with Gasteiger partial charge in [0.1, 0.15) is 5.75 Å². The lowest BCUT2D eigenvalue weighted by molar-refractivity contribution is 0.0988. The molecule has 1 heterocycles. The van der Waals surface area contributed by atoms with Gasteiger partial charge < -0.3 is 9.26 Å². The molecule has 134 valence electrons. The second-order valence-electron chi connectivity index (χ2n) is 6.38. The summed E-state index contributed by atoms with van der Waals surface area (Å²) in [4.78, 5) is 16.0. The number of hydrogen-bond donors (Lipinski definition) is 0. The van der Waals surface area contributed by atoms with Crippen molar-refractivity contribution < 1.29 is 14.1 Å². The molecule has 0 amide bonds. The van der Waals surface area contributed by atoms with Gasteiger partial charge in [0.05, 0.1) is 0 Å². The molecular formula is C21H22N2O3. The highest BCUT2D eigenvalue weighted by molar-refractivity contribution is 5.95. The number of hydrogen-bond acceptors (Lipinski definition) is 5. The van der Waals surface area contributed by atoms with Crippen molar-refractivity contribution in [3.63, 3.8) is 0 Å². The summed E-state index contributed by atoms with van der Waals surface area (Å²) in [5.41, 5.74) is 2.86. The molecule has 2 aromatic carbocycles. The number of ketones is 1. The number of rotatable bonds is 7. The number of ether oxygens (including phenoxy) is 1. The molecule has 0 aliphatic carbocycles. The van der Waals surface area contributed by atoms with Gasteiger partial charge in [-0.15, -0.1) is 0 Å². The Morgan fingerprint density at radius 3 is 2.38 bits per heavy atom. The molecule has 26 heavy (non-hydrogen) atoms. The number of nitrogens with zero attached hydrogens (tertiary/aromatic N) is 2. The first kappa shape index (κ1) is 17.9. The minimum absolute atomic E-state index is 0.113. The standard InChI is InChI=1S/C21H22N2O3/c1-4-19(24)16-9-11-18(12-10-16)25-13-20-22-21(23-26-20)17-7-5-15(6-8-17)14(2)3/h5-12,14H,4,13H2,1-3H3. The van der Waals surface area contributed by atoms with Gasteiger partial charge in [-0.3, -0.25) is 4.79 Å². The Balaban J connectivity index is 1.62. The van der Waals surface area contributed by atoms with Crippen LogP contribution in [0.25, 0.3) is 11.4 Å². The summed E-state index contributed by atoms with van der Waals surface area (Å²) in [5, 5.41) is 4.01. The molecule has 0 unspecified atom stereocenters. The van der Waals surface area contributed by atoms with E-state index in [0.29, 0.717) is 35.4 Å². The third-order valence-corrected chi connectivity index (χ3v) is 4.16. The molecule has 0 aliphatic heterocycles. The van der Waals surface area contributed by atoms with Crippen LogP contribution < -0.4 is 4.74 Å². The first-order valence-electron chi connectivity index (χ1n) is 8.75. The van der Waals surface area contributed by atoms with Crippen LogP contribution >= 0.6 is 0 Å². The lowest BCUT2D eigenvalue weighted by Crippen LogP contribution is -1.98. The van der Waals surface area contributed by atoms with Crippen LogP contribution in [0.15, 0.2) is 53.1 Å². The first-order chi connectivity index (χ1) is 12.6. The molecule has 0 N–H and O–H groups in total. The van der Waals surface area contributed by atoms with Crippen LogP contribution in [-0.2, 0) is 6.61 Å². The normalized spacial score (nSPS) is 10.9. The van der Waals surface area contributed by atoms with Crippen molar-refractivity contribution in [2.24, 2.45) is 0 Å². The van der Waals surface area contributed by atoms with Gasteiger partial charge in [-0.2, -0.15) is 4.98 Å². The minimum atomic E-state index is 0.113. The van der Waals surface area contributed by atoms with E-state index < -0.39 is 0 Å². The zero-order valence-electron chi connectivity index (χ0n) is 15.2. The van der Waals surface area contributed by atoms with Crippen LogP contribution in [0.3, 0.4) is 0 Å². The summed E-state index contributed by atoms with van der Waals surface area (Å²) in [6.07, 6.45) is 0.489. The van der Waals surface area contributed by atoms with E-state index in [9.17, 15) is 4.79 Å². The lowest BCUT2D eigenvalue weighted by Gasteiger charge is -2.04. The van der Waals surface area contributed by atoms with Crippen molar-refractivity contribution >= 4 is 5.78 Å². The van der Waals surface area contributed by atoms with E-state index in [2.05, 4.69) is 36.1 Å². The van der Waals surface area contributed by atoms with E-state index in [0.717, 1.165) is 5.56 Å². The number of carbonyl (C=O) groups is 1. The molecule has 0 saturated carbocycles. The van der Waals surface area contributed by atoms with Gasteiger partial charge in [0, 0.05) is 17.5 Å². The topological polar surface area (TPSA) is 65.2 Å². The van der Waals surface area contributed by atoms with Crippen LogP contribution in [0, 0.1) is 0 Å². The molecule has 5 nitrogen and oxygen atoms in total. The highest BCUT2D eigenvalue weighted by Crippen LogP contribution is 2.21. The maximum absolute atomic E-state index is 11.6. The largest absolute Gasteiger partial charge is 0.484 e. The Morgan fingerprint density at radius 1 is 1.08 bits per heavy atom. The average Bonchev–Trinajstić information content (AvgIpc) is 3.15. The zero-order valence-corrected chi connectivity index (χ0v) is 15.2. The highest BCUT2D eigenvalue weighted by atomic mass is 16.5. The molecule has 0 fully saturated rings. The first-order valence-corrected chi connectivity index (χ1v) is 8.75. The van der Waals surface area contributed by atoms with E-state index in [4.69, 9.17) is 9.26 Å². The fraction of sp³-hybridized carbons (Fsp3) is 0.286. The van der Waals surface area contributed by atoms with Gasteiger partial charge in [0.25, 0.3) is 5.89 Å². The average molecular weight is 350 g/mol. The second kappa shape index (κ2) is 7.95. The summed E-state index contributed by atoms with van der Waals surface area (Å²) < 4.78 is 10.9. The van der Waals surface area contributed by atoms with E-state index >= 15 is 0 Å². The Labute approximate surface area is 153 Å². The number of benzene rings is 2. The van der Waals surface area contributed by atoms with Crippen LogP contribution in [0.1, 0.15) is 54.9 Å². The van der Waals surface area contributed by atoms with Gasteiger partial charge in [0.2, 0.25) is 5.82 Å². The van der Waals surface area contributed by atoms with Crippen molar-refractivity contribution in [3.8, 4) is 17.1 Å². The van der Waals surface area contributed by atoms with Crippen LogP contribution in [0.2, 0.25) is 0 Å². The Kier molecular flexibility index (Phi) is 5.46. The number of Topliss-reactive ketones (excluding diaryl/α,β-unsaturated/α-hetero) is 1. The predicted molar refractivity (Wildman–Crippen MR) is 99.2 cm³/mol. The van der Waals surface area contributed by atoms with Crippen LogP contribution in [0.5, 0.6) is 5.75 Å². The zero-order chi connectivity index (χ0) is 18.5. The van der Waals surface area contributed by atoms with E-state index in [1.807, 2.05) is 19.1 Å². The number of carbonyl (C=O) groups excluding carboxylic acids is 1. The highest BCUT2D eigenvalue weighted by Gasteiger charge is 2.10. The molecule has 1 aromatic heterocycles. The Bertz CT molecular complexity index is 865. The summed E-state index contributed by atoms with van der Waals surface area (Å²) >= 11 is 0. The maximum Gasteiger partial charge on any atom is 0.264 e. The van der Waals surface area contributed by atoms with Gasteiger partial charge in [0.15, 0.2) is 12.4 Å². The van der Waals surface area contributed by atoms with E-state index in [1.54, 1.807) is 24.3 Å². The Hall–Kier alpha value is -2.95. The van der Waals surface area contributed by atoms with E-state index in [-0.39, 0.29) is 12.4 Å². The van der Waals surface area contributed by atoms with Gasteiger partial charge in [-0.1, -0.05) is 50.2 Å². The molecule has 0 saturated heterocycles. The minimum Gasteiger partial charge on any atom is -0.484 e. The molecule has 0 bridgehead atoms. The van der Waals surface area contributed by atoms with Crippen molar-refractivity contribution in [2.75, 3.05) is 0 Å². The monoisotopic (exact) mass is 350 g/mol. The number of aromatic nitrogens is 2. The molecule has 0 atom stereocenters. The summed E-state index contributed by atoms with van der Waals surface area (Å²) in [6, 6.07) is 15.2.